The van der Waals surface area contributed by atoms with Crippen LogP contribution in [-0.2, 0) is 4.79 Å². The van der Waals surface area contributed by atoms with Crippen molar-refractivity contribution in [1.82, 2.24) is 0 Å². The Morgan fingerprint density at radius 3 is 1.42 bits per heavy atom. The van der Waals surface area contributed by atoms with Gasteiger partial charge in [-0.2, -0.15) is 0 Å². The van der Waals surface area contributed by atoms with Gasteiger partial charge in [-0.05, 0) is 19.8 Å². The standard InChI is InChI=1S/C29H59NO3/c1-5-6-7-8-9-10-11-12-13-14-15-16-17-18-19-20-21-22-25-29(2,33)27-30(3,4)26-23-24-28(31)32/h33H,5-27H2,1-4H3. The molecular formula is C29H59NO3. The van der Waals surface area contributed by atoms with Crippen molar-refractivity contribution in [1.29, 1.82) is 0 Å². The summed E-state index contributed by atoms with van der Waals surface area (Å²) in [4.78, 5) is 10.6. The Labute approximate surface area is 207 Å². The van der Waals surface area contributed by atoms with Crippen molar-refractivity contribution >= 4 is 5.97 Å². The van der Waals surface area contributed by atoms with E-state index in [-0.39, 0.29) is 6.42 Å². The third kappa shape index (κ3) is 24.3. The monoisotopic (exact) mass is 469 g/mol. The third-order valence-electron chi connectivity index (χ3n) is 6.98. The second-order valence-corrected chi connectivity index (χ2v) is 11.6. The Kier molecular flexibility index (Phi) is 20.4. The van der Waals surface area contributed by atoms with Crippen LogP contribution in [0.15, 0.2) is 0 Å². The van der Waals surface area contributed by atoms with Crippen LogP contribution in [-0.4, -0.2) is 48.3 Å². The van der Waals surface area contributed by atoms with Gasteiger partial charge < -0.3 is 19.5 Å². The molecule has 0 heterocycles. The fourth-order valence-electron chi connectivity index (χ4n) is 5.14. The Morgan fingerprint density at radius 1 is 0.697 bits per heavy atom. The first kappa shape index (κ1) is 32.4. The van der Waals surface area contributed by atoms with E-state index >= 15 is 0 Å². The molecule has 0 bridgehead atoms. The molecule has 4 heteroatoms. The molecule has 0 aromatic carbocycles. The van der Waals surface area contributed by atoms with Gasteiger partial charge in [-0.1, -0.05) is 122 Å². The van der Waals surface area contributed by atoms with E-state index in [4.69, 9.17) is 0 Å². The minimum absolute atomic E-state index is 0.100. The van der Waals surface area contributed by atoms with E-state index in [2.05, 4.69) is 21.0 Å². The molecule has 0 amide bonds. The highest BCUT2D eigenvalue weighted by Gasteiger charge is 2.29. The SMILES string of the molecule is CCCCCCCCCCCCCCCCCCCCC(C)(O)C[N+](C)(C)CCCC(=O)[O-]. The van der Waals surface area contributed by atoms with Crippen molar-refractivity contribution < 1.29 is 19.5 Å². The molecule has 0 fully saturated rings. The van der Waals surface area contributed by atoms with Crippen LogP contribution in [0.5, 0.6) is 0 Å². The van der Waals surface area contributed by atoms with Crippen molar-refractivity contribution in [2.24, 2.45) is 0 Å². The van der Waals surface area contributed by atoms with E-state index in [9.17, 15) is 15.0 Å². The first-order chi connectivity index (χ1) is 15.7. The Bertz CT molecular complexity index is 448. The average molecular weight is 470 g/mol. The molecule has 0 radical (unpaired) electrons. The largest absolute Gasteiger partial charge is 0.550 e. The zero-order valence-corrected chi connectivity index (χ0v) is 23.0. The van der Waals surface area contributed by atoms with Gasteiger partial charge in [-0.25, -0.2) is 0 Å². The molecule has 0 aliphatic carbocycles. The van der Waals surface area contributed by atoms with Crippen LogP contribution in [0.25, 0.3) is 0 Å². The maximum Gasteiger partial charge on any atom is 0.111 e. The highest BCUT2D eigenvalue weighted by molar-refractivity contribution is 5.64. The van der Waals surface area contributed by atoms with Gasteiger partial charge in [0.15, 0.2) is 0 Å². The quantitative estimate of drug-likeness (QED) is 0.118. The molecule has 0 saturated heterocycles. The van der Waals surface area contributed by atoms with Gasteiger partial charge in [-0.3, -0.25) is 0 Å². The van der Waals surface area contributed by atoms with Gasteiger partial charge in [-0.15, -0.1) is 0 Å². The molecule has 1 unspecified atom stereocenters. The molecule has 33 heavy (non-hydrogen) atoms. The van der Waals surface area contributed by atoms with Gasteiger partial charge in [0.05, 0.1) is 20.6 Å². The van der Waals surface area contributed by atoms with Gasteiger partial charge >= 0.3 is 0 Å². The van der Waals surface area contributed by atoms with E-state index in [0.29, 0.717) is 17.4 Å². The fourth-order valence-corrected chi connectivity index (χ4v) is 5.14. The topological polar surface area (TPSA) is 60.4 Å². The molecular weight excluding hydrogens is 410 g/mol. The summed E-state index contributed by atoms with van der Waals surface area (Å²) < 4.78 is 0.652. The number of likely N-dealkylation sites (N-methyl/N-ethyl adjacent to an activating group) is 1. The number of carbonyl (C=O) groups excluding carboxylic acids is 1. The van der Waals surface area contributed by atoms with Crippen LogP contribution in [0.1, 0.15) is 149 Å². The van der Waals surface area contributed by atoms with Crippen molar-refractivity contribution in [2.45, 2.75) is 154 Å². The summed E-state index contributed by atoms with van der Waals surface area (Å²) in [5.41, 5.74) is -0.681. The number of carboxylic acid groups (broad SMARTS) is 1. The Morgan fingerprint density at radius 2 is 1.06 bits per heavy atom. The van der Waals surface area contributed by atoms with Crippen molar-refractivity contribution in [2.75, 3.05) is 27.2 Å². The molecule has 4 nitrogen and oxygen atoms in total. The number of aliphatic hydroxyl groups is 1. The molecule has 0 rings (SSSR count). The summed E-state index contributed by atoms with van der Waals surface area (Å²) in [5.74, 6) is -0.986. The van der Waals surface area contributed by atoms with Gasteiger partial charge in [0.2, 0.25) is 0 Å². The molecule has 0 aliphatic heterocycles. The zero-order valence-electron chi connectivity index (χ0n) is 23.0. The number of aliphatic carboxylic acids is 1. The molecule has 0 aliphatic rings. The van der Waals surface area contributed by atoms with Crippen LogP contribution in [0.2, 0.25) is 0 Å². The number of carbonyl (C=O) groups is 1. The molecule has 0 spiro atoms. The number of quaternary nitrogens is 1. The van der Waals surface area contributed by atoms with Gasteiger partial charge in [0.1, 0.15) is 12.1 Å². The number of hydrogen-bond donors (Lipinski definition) is 1. The fraction of sp³-hybridized carbons (Fsp3) is 0.966. The number of carboxylic acids is 1. The van der Waals surface area contributed by atoms with E-state index in [1.54, 1.807) is 0 Å². The van der Waals surface area contributed by atoms with Crippen molar-refractivity contribution in [3.8, 4) is 0 Å². The average Bonchev–Trinajstić information content (AvgIpc) is 2.71. The maximum absolute atomic E-state index is 10.7. The highest BCUT2D eigenvalue weighted by Crippen LogP contribution is 2.20. The predicted octanol–water partition coefficient (Wildman–Crippen LogP) is 6.78. The normalized spacial score (nSPS) is 13.8. The second-order valence-electron chi connectivity index (χ2n) is 11.6. The van der Waals surface area contributed by atoms with Crippen LogP contribution in [0, 0.1) is 0 Å². The lowest BCUT2D eigenvalue weighted by molar-refractivity contribution is -0.896. The van der Waals surface area contributed by atoms with E-state index in [1.165, 1.54) is 109 Å². The van der Waals surface area contributed by atoms with Gasteiger partial charge in [0.25, 0.3) is 0 Å². The minimum Gasteiger partial charge on any atom is -0.550 e. The highest BCUT2D eigenvalue weighted by atomic mass is 16.4. The molecule has 0 aromatic rings. The predicted molar refractivity (Wildman–Crippen MR) is 140 cm³/mol. The molecule has 198 valence electrons. The molecule has 1 atom stereocenters. The molecule has 0 aromatic heterocycles. The summed E-state index contributed by atoms with van der Waals surface area (Å²) in [6.07, 6.45) is 26.2. The lowest BCUT2D eigenvalue weighted by Gasteiger charge is -2.36. The molecule has 1 N–H and O–H groups in total. The number of hydrogen-bond acceptors (Lipinski definition) is 3. The number of nitrogens with zero attached hydrogens (tertiary/aromatic N) is 1. The van der Waals surface area contributed by atoms with Gasteiger partial charge in [0, 0.05) is 12.4 Å². The number of rotatable bonds is 25. The summed E-state index contributed by atoms with van der Waals surface area (Å²) in [6, 6.07) is 0. The van der Waals surface area contributed by atoms with E-state index in [0.717, 1.165) is 19.4 Å². The summed E-state index contributed by atoms with van der Waals surface area (Å²) in [6.45, 7) is 5.63. The summed E-state index contributed by atoms with van der Waals surface area (Å²) in [5, 5.41) is 21.3. The zero-order chi connectivity index (χ0) is 24.8. The second kappa shape index (κ2) is 20.7. The first-order valence-corrected chi connectivity index (χ1v) is 14.4. The van der Waals surface area contributed by atoms with Crippen LogP contribution >= 0.6 is 0 Å². The lowest BCUT2D eigenvalue weighted by Crippen LogP contribution is -2.51. The smallest absolute Gasteiger partial charge is 0.111 e. The maximum atomic E-state index is 10.7. The van der Waals surface area contributed by atoms with E-state index < -0.39 is 11.6 Å². The van der Waals surface area contributed by atoms with Crippen molar-refractivity contribution in [3.05, 3.63) is 0 Å². The van der Waals surface area contributed by atoms with Crippen LogP contribution in [0.4, 0.5) is 0 Å². The third-order valence-corrected chi connectivity index (χ3v) is 6.98. The lowest BCUT2D eigenvalue weighted by atomic mass is 9.96. The minimum atomic E-state index is -0.986. The summed E-state index contributed by atoms with van der Waals surface area (Å²) >= 11 is 0. The van der Waals surface area contributed by atoms with E-state index in [1.807, 2.05) is 6.92 Å². The van der Waals surface area contributed by atoms with Crippen LogP contribution < -0.4 is 5.11 Å². The van der Waals surface area contributed by atoms with Crippen LogP contribution in [0.3, 0.4) is 0 Å². The molecule has 0 saturated carbocycles. The van der Waals surface area contributed by atoms with Crippen molar-refractivity contribution in [3.63, 3.8) is 0 Å². The number of unbranched alkanes of at least 4 members (excludes halogenated alkanes) is 17. The first-order valence-electron chi connectivity index (χ1n) is 14.4. The summed E-state index contributed by atoms with van der Waals surface area (Å²) in [7, 11) is 4.14. The Hall–Kier alpha value is -0.610. The Balaban J connectivity index is 3.46.